The molecule has 4 aromatic rings. The number of amides is 1. The Hall–Kier alpha value is -4.07. The number of halogens is 3. The van der Waals surface area contributed by atoms with Crippen LogP contribution in [0.3, 0.4) is 0 Å². The van der Waals surface area contributed by atoms with Gasteiger partial charge < -0.3 is 14.7 Å². The molecular formula is C31H24ClF2NO4. The van der Waals surface area contributed by atoms with Gasteiger partial charge in [0.2, 0.25) is 5.06 Å². The van der Waals surface area contributed by atoms with Crippen molar-refractivity contribution < 1.29 is 28.2 Å². The van der Waals surface area contributed by atoms with Gasteiger partial charge in [0.15, 0.2) is 5.72 Å². The van der Waals surface area contributed by atoms with Gasteiger partial charge in [-0.3, -0.25) is 4.79 Å². The van der Waals surface area contributed by atoms with Crippen LogP contribution in [0.4, 0.5) is 8.78 Å². The molecule has 2 atom stereocenters. The maximum atomic E-state index is 13.2. The fourth-order valence-electron chi connectivity index (χ4n) is 4.95. The van der Waals surface area contributed by atoms with Crippen molar-refractivity contribution >= 4 is 23.5 Å². The van der Waals surface area contributed by atoms with Gasteiger partial charge in [0.1, 0.15) is 11.6 Å². The Kier molecular flexibility index (Phi) is 6.97. The highest BCUT2D eigenvalue weighted by molar-refractivity contribution is 6.27. The first-order chi connectivity index (χ1) is 18.7. The van der Waals surface area contributed by atoms with Crippen molar-refractivity contribution in [2.24, 2.45) is 0 Å². The van der Waals surface area contributed by atoms with Crippen molar-refractivity contribution in [2.75, 3.05) is 6.54 Å². The van der Waals surface area contributed by atoms with Crippen LogP contribution in [-0.4, -0.2) is 28.4 Å². The summed E-state index contributed by atoms with van der Waals surface area (Å²) < 4.78 is 31.3. The molecule has 4 aromatic carbocycles. The van der Waals surface area contributed by atoms with E-state index in [4.69, 9.17) is 16.3 Å². The summed E-state index contributed by atoms with van der Waals surface area (Å²) in [6.45, 7) is 2.38. The van der Waals surface area contributed by atoms with Crippen LogP contribution in [-0.2, 0) is 15.5 Å². The summed E-state index contributed by atoms with van der Waals surface area (Å²) in [7, 11) is 0. The van der Waals surface area contributed by atoms with Crippen LogP contribution in [0.2, 0.25) is 0 Å². The average molecular weight is 548 g/mol. The normalized spacial score (nSPS) is 21.1. The smallest absolute Gasteiger partial charge is 0.340 e. The number of carbonyl (C=O) groups excluding carboxylic acids is 2. The summed E-state index contributed by atoms with van der Waals surface area (Å²) in [5, 5.41) is 9.89. The molecule has 39 heavy (non-hydrogen) atoms. The highest BCUT2D eigenvalue weighted by Crippen LogP contribution is 2.45. The van der Waals surface area contributed by atoms with E-state index in [1.165, 1.54) is 53.4 Å². The number of carbonyl (C=O) groups is 2. The zero-order chi connectivity index (χ0) is 27.8. The lowest BCUT2D eigenvalue weighted by Crippen LogP contribution is -2.45. The summed E-state index contributed by atoms with van der Waals surface area (Å²) in [5.41, 5.74) is 1.57. The third kappa shape index (κ3) is 4.47. The van der Waals surface area contributed by atoms with Gasteiger partial charge in [0.25, 0.3) is 5.91 Å². The van der Waals surface area contributed by atoms with Crippen molar-refractivity contribution in [3.63, 3.8) is 0 Å². The number of aliphatic hydroxyl groups is 1. The molecule has 1 N–H and O–H groups in total. The molecule has 8 heteroatoms. The molecule has 0 saturated heterocycles. The minimum Gasteiger partial charge on any atom is -0.431 e. The first-order valence-electron chi connectivity index (χ1n) is 12.4. The van der Waals surface area contributed by atoms with Crippen molar-refractivity contribution in [1.82, 2.24) is 4.90 Å². The third-order valence-electron chi connectivity index (χ3n) is 6.81. The first kappa shape index (κ1) is 26.5. The zero-order valence-corrected chi connectivity index (χ0v) is 21.7. The summed E-state index contributed by atoms with van der Waals surface area (Å²) in [4.78, 5) is 25.7. The van der Waals surface area contributed by atoms with Gasteiger partial charge >= 0.3 is 5.97 Å². The van der Waals surface area contributed by atoms with Crippen molar-refractivity contribution in [2.45, 2.75) is 24.1 Å². The second-order valence-corrected chi connectivity index (χ2v) is 9.75. The Labute approximate surface area is 229 Å². The molecular weight excluding hydrogens is 524 g/mol. The van der Waals surface area contributed by atoms with E-state index in [-0.39, 0.29) is 17.5 Å². The highest BCUT2D eigenvalue weighted by atomic mass is 35.5. The van der Waals surface area contributed by atoms with Crippen LogP contribution in [0.1, 0.15) is 56.3 Å². The fourth-order valence-corrected chi connectivity index (χ4v) is 5.31. The summed E-state index contributed by atoms with van der Waals surface area (Å²) in [6.07, 6.45) is 0.725. The molecule has 0 radical (unpaired) electrons. The van der Waals surface area contributed by atoms with Gasteiger partial charge in [-0.05, 0) is 42.8 Å². The number of nitrogens with zero attached hydrogens (tertiary/aromatic N) is 1. The average Bonchev–Trinajstić information content (AvgIpc) is 3.34. The summed E-state index contributed by atoms with van der Waals surface area (Å²) in [5.74, 6) is -1.40. The molecule has 0 aromatic heterocycles. The number of cyclic esters (lactones) is 1. The van der Waals surface area contributed by atoms with E-state index in [0.29, 0.717) is 39.9 Å². The van der Waals surface area contributed by atoms with E-state index >= 15 is 0 Å². The second-order valence-electron chi connectivity index (χ2n) is 9.22. The Morgan fingerprint density at radius 2 is 1.28 bits per heavy atom. The Balaban J connectivity index is 0.000000160. The molecule has 0 bridgehead atoms. The lowest BCUT2D eigenvalue weighted by atomic mass is 9.94. The predicted molar refractivity (Wildman–Crippen MR) is 142 cm³/mol. The quantitative estimate of drug-likeness (QED) is 0.240. The number of rotatable bonds is 4. The van der Waals surface area contributed by atoms with Crippen LogP contribution in [0.5, 0.6) is 0 Å². The molecule has 2 aliphatic heterocycles. The van der Waals surface area contributed by atoms with Crippen molar-refractivity contribution in [3.05, 3.63) is 142 Å². The number of hydrogen-bond donors (Lipinski definition) is 1. The second kappa shape index (κ2) is 10.2. The van der Waals surface area contributed by atoms with E-state index in [1.54, 1.807) is 48.5 Å². The van der Waals surface area contributed by atoms with Gasteiger partial charge in [-0.15, -0.1) is 0 Å². The van der Waals surface area contributed by atoms with E-state index < -0.39 is 16.8 Å². The van der Waals surface area contributed by atoms with Crippen LogP contribution < -0.4 is 0 Å². The lowest BCUT2D eigenvalue weighted by molar-refractivity contribution is -0.0498. The molecule has 6 rings (SSSR count). The molecule has 1 amide bonds. The van der Waals surface area contributed by atoms with Crippen molar-refractivity contribution in [1.29, 1.82) is 0 Å². The van der Waals surface area contributed by atoms with Crippen LogP contribution >= 0.6 is 11.6 Å². The molecule has 0 fully saturated rings. The Bertz CT molecular complexity index is 1540. The number of fused-ring (bicyclic) bond motifs is 2. The number of hydrogen-bond acceptors (Lipinski definition) is 4. The number of ether oxygens (including phenoxy) is 1. The van der Waals surface area contributed by atoms with Gasteiger partial charge in [0, 0.05) is 34.4 Å². The number of esters is 1. The fraction of sp³-hybridized carbons (Fsp3) is 0.161. The minimum absolute atomic E-state index is 0.195. The van der Waals surface area contributed by atoms with E-state index in [1.807, 2.05) is 6.92 Å². The molecule has 198 valence electrons. The van der Waals surface area contributed by atoms with Gasteiger partial charge in [-0.1, -0.05) is 79.2 Å². The Morgan fingerprint density at radius 3 is 1.87 bits per heavy atom. The van der Waals surface area contributed by atoms with Crippen LogP contribution in [0, 0.1) is 11.6 Å². The third-order valence-corrected chi connectivity index (χ3v) is 7.30. The van der Waals surface area contributed by atoms with Gasteiger partial charge in [-0.25, -0.2) is 13.6 Å². The SMILES string of the molecule is CCCN1C(=O)c2ccccc2C1(O)c1ccc(F)cc1.O=C1OC(Cl)(c2ccc(F)cc2)c2ccccc21. The molecule has 2 aliphatic rings. The minimum atomic E-state index is -1.53. The van der Waals surface area contributed by atoms with Crippen molar-refractivity contribution in [3.8, 4) is 0 Å². The van der Waals surface area contributed by atoms with Crippen LogP contribution in [0.15, 0.2) is 97.1 Å². The number of alkyl halides is 1. The van der Waals surface area contributed by atoms with E-state index in [9.17, 15) is 23.5 Å². The standard InChI is InChI=1S/C17H16FNO2.C14H8ClFO2/c1-2-11-19-16(20)14-5-3-4-6-15(14)17(19,21)12-7-9-13(18)10-8-12;15-14(9-5-7-10(16)8-6-9)12-4-2-1-3-11(12)13(17)18-14/h3-10,21H,2,11H2,1H3;1-8H. The first-order valence-corrected chi connectivity index (χ1v) is 12.8. The van der Waals surface area contributed by atoms with Crippen LogP contribution in [0.25, 0.3) is 0 Å². The summed E-state index contributed by atoms with van der Waals surface area (Å²) >= 11 is 6.41. The highest BCUT2D eigenvalue weighted by Gasteiger charge is 2.49. The monoisotopic (exact) mass is 547 g/mol. The molecule has 0 spiro atoms. The lowest BCUT2D eigenvalue weighted by Gasteiger charge is -2.34. The maximum absolute atomic E-state index is 13.2. The maximum Gasteiger partial charge on any atom is 0.340 e. The van der Waals surface area contributed by atoms with E-state index in [2.05, 4.69) is 0 Å². The van der Waals surface area contributed by atoms with Gasteiger partial charge in [-0.2, -0.15) is 0 Å². The predicted octanol–water partition coefficient (Wildman–Crippen LogP) is 6.32. The molecule has 0 aliphatic carbocycles. The van der Waals surface area contributed by atoms with Gasteiger partial charge in [0.05, 0.1) is 5.56 Å². The molecule has 2 unspecified atom stereocenters. The topological polar surface area (TPSA) is 66.8 Å². The molecule has 2 heterocycles. The Morgan fingerprint density at radius 1 is 0.769 bits per heavy atom. The van der Waals surface area contributed by atoms with E-state index in [0.717, 1.165) is 6.42 Å². The largest absolute Gasteiger partial charge is 0.431 e. The summed E-state index contributed by atoms with van der Waals surface area (Å²) in [6, 6.07) is 25.2. The molecule has 0 saturated carbocycles. The molecule has 5 nitrogen and oxygen atoms in total. The zero-order valence-electron chi connectivity index (χ0n) is 20.9. The number of benzene rings is 4.